The Bertz CT molecular complexity index is 1920. The largest absolute Gasteiger partial charge is 0.478 e. The van der Waals surface area contributed by atoms with Crippen molar-refractivity contribution in [2.75, 3.05) is 29.0 Å². The number of carboxylic acid groups (broad SMARTS) is 1. The van der Waals surface area contributed by atoms with Crippen LogP contribution in [0.1, 0.15) is 61.5 Å². The van der Waals surface area contributed by atoms with E-state index in [9.17, 15) is 29.1 Å². The van der Waals surface area contributed by atoms with Crippen LogP contribution < -0.4 is 21.3 Å². The van der Waals surface area contributed by atoms with Gasteiger partial charge in [0.2, 0.25) is 5.91 Å². The number of likely N-dealkylation sites (tertiary alicyclic amines) is 1. The van der Waals surface area contributed by atoms with Gasteiger partial charge in [0.05, 0.1) is 16.9 Å². The molecular weight excluding hydrogens is 678 g/mol. The first-order chi connectivity index (χ1) is 24.3. The van der Waals surface area contributed by atoms with Crippen LogP contribution in [-0.4, -0.2) is 79.1 Å². The first-order valence-corrected chi connectivity index (χ1v) is 16.6. The molecule has 0 aliphatic carbocycles. The number of aromatic carboxylic acids is 1. The number of halogens is 1. The van der Waals surface area contributed by atoms with E-state index in [1.165, 1.54) is 29.2 Å². The molecule has 0 radical (unpaired) electrons. The number of benzene rings is 3. The Balaban J connectivity index is 1.36. The molecule has 5 N–H and O–H groups in total. The highest BCUT2D eigenvalue weighted by atomic mass is 35.5. The summed E-state index contributed by atoms with van der Waals surface area (Å²) in [5, 5.41) is 31.7. The highest BCUT2D eigenvalue weighted by Crippen LogP contribution is 2.29. The summed E-state index contributed by atoms with van der Waals surface area (Å²) in [6.07, 6.45) is 4.29. The topological polar surface area (TPSA) is 201 Å². The zero-order valence-corrected chi connectivity index (χ0v) is 29.0. The van der Waals surface area contributed by atoms with Crippen molar-refractivity contribution in [2.24, 2.45) is 0 Å². The van der Waals surface area contributed by atoms with Crippen LogP contribution in [0.3, 0.4) is 0 Å². The minimum Gasteiger partial charge on any atom is -0.478 e. The van der Waals surface area contributed by atoms with Gasteiger partial charge in [-0.3, -0.25) is 14.4 Å². The van der Waals surface area contributed by atoms with E-state index in [2.05, 4.69) is 36.8 Å². The molecule has 16 heteroatoms. The highest BCUT2D eigenvalue weighted by molar-refractivity contribution is 6.40. The van der Waals surface area contributed by atoms with E-state index in [-0.39, 0.29) is 28.7 Å². The van der Waals surface area contributed by atoms with E-state index >= 15 is 0 Å². The average Bonchev–Trinajstić information content (AvgIpc) is 3.63. The van der Waals surface area contributed by atoms with Crippen molar-refractivity contribution in [1.29, 1.82) is 0 Å². The van der Waals surface area contributed by atoms with Crippen LogP contribution in [0.5, 0.6) is 0 Å². The van der Waals surface area contributed by atoms with Gasteiger partial charge in [-0.2, -0.15) is 4.68 Å². The summed E-state index contributed by atoms with van der Waals surface area (Å²) in [6, 6.07) is 14.4. The van der Waals surface area contributed by atoms with Crippen molar-refractivity contribution in [3.63, 3.8) is 0 Å². The number of carbonyl (C=O) groups excluding carboxylic acids is 4. The van der Waals surface area contributed by atoms with Gasteiger partial charge in [0, 0.05) is 35.9 Å². The second-order valence-electron chi connectivity index (χ2n) is 13.1. The fourth-order valence-corrected chi connectivity index (χ4v) is 5.78. The first kappa shape index (κ1) is 36.5. The Morgan fingerprint density at radius 3 is 2.22 bits per heavy atom. The van der Waals surface area contributed by atoms with Crippen LogP contribution in [0.2, 0.25) is 5.02 Å². The molecule has 4 aromatic rings. The third-order valence-corrected chi connectivity index (χ3v) is 8.48. The van der Waals surface area contributed by atoms with Crippen molar-refractivity contribution in [3.8, 4) is 5.69 Å². The van der Waals surface area contributed by atoms with Gasteiger partial charge in [-0.1, -0.05) is 44.5 Å². The number of tetrazole rings is 1. The molecule has 1 fully saturated rings. The van der Waals surface area contributed by atoms with Crippen LogP contribution in [0.4, 0.5) is 21.9 Å². The number of nitrogens with zero attached hydrogens (tertiary/aromatic N) is 5. The lowest BCUT2D eigenvalue weighted by Crippen LogP contribution is -2.49. The lowest BCUT2D eigenvalue weighted by Gasteiger charge is -2.26. The van der Waals surface area contributed by atoms with Gasteiger partial charge in [0.25, 0.3) is 0 Å². The van der Waals surface area contributed by atoms with Gasteiger partial charge in [-0.05, 0) is 94.8 Å². The second-order valence-corrected chi connectivity index (χ2v) is 13.5. The number of amides is 5. The number of nitrogens with one attached hydrogen (secondary N) is 4. The first-order valence-electron chi connectivity index (χ1n) is 16.3. The van der Waals surface area contributed by atoms with Gasteiger partial charge >= 0.3 is 23.8 Å². The molecule has 3 aromatic carbocycles. The van der Waals surface area contributed by atoms with E-state index in [1.807, 2.05) is 20.8 Å². The molecule has 1 aromatic heterocycles. The summed E-state index contributed by atoms with van der Waals surface area (Å²) >= 11 is 6.16. The minimum atomic E-state index is -1.26. The van der Waals surface area contributed by atoms with Crippen LogP contribution in [0, 0.1) is 0 Å². The number of hydrogen-bond donors (Lipinski definition) is 5. The smallest absolute Gasteiger partial charge is 0.335 e. The van der Waals surface area contributed by atoms with E-state index in [0.29, 0.717) is 41.3 Å². The number of aromatic nitrogens is 4. The standard InChI is InChI=1S/C35H38ClN9O6/c1-35(2,3)26-19-24(12-13-25(26)33(49)50)38-30(46)28(17-21-7-10-23(11-8-21)39-34(51)44-15-5-4-6-16-44)41-32(48)31(47)40-27-18-22(36)9-14-29(27)45-20-37-42-43-45/h7-14,18-20,28H,4-6,15-17H2,1-3H3,(H,38,46)(H,39,51)(H,40,47)(H,41,48)(H,49,50). The van der Waals surface area contributed by atoms with Gasteiger partial charge in [-0.25, -0.2) is 9.59 Å². The van der Waals surface area contributed by atoms with Gasteiger partial charge in [0.1, 0.15) is 12.4 Å². The maximum atomic E-state index is 13.8. The van der Waals surface area contributed by atoms with Crippen molar-refractivity contribution in [3.05, 3.63) is 88.7 Å². The van der Waals surface area contributed by atoms with Gasteiger partial charge in [-0.15, -0.1) is 5.10 Å². The Hall–Kier alpha value is -5.83. The number of rotatable bonds is 9. The number of hydrogen-bond acceptors (Lipinski definition) is 8. The molecule has 15 nitrogen and oxygen atoms in total. The summed E-state index contributed by atoms with van der Waals surface area (Å²) in [5.74, 6) is -3.95. The number of piperidine rings is 1. The number of urea groups is 1. The summed E-state index contributed by atoms with van der Waals surface area (Å²) < 4.78 is 1.28. The number of anilines is 3. The molecule has 266 valence electrons. The summed E-state index contributed by atoms with van der Waals surface area (Å²) in [7, 11) is 0. The summed E-state index contributed by atoms with van der Waals surface area (Å²) in [4.78, 5) is 66.6. The molecule has 0 bridgehead atoms. The molecule has 2 heterocycles. The van der Waals surface area contributed by atoms with E-state index in [1.54, 1.807) is 47.4 Å². The third kappa shape index (κ3) is 9.45. The molecule has 1 saturated heterocycles. The quantitative estimate of drug-likeness (QED) is 0.153. The average molecular weight is 716 g/mol. The Labute approximate surface area is 298 Å². The predicted octanol–water partition coefficient (Wildman–Crippen LogP) is 4.63. The molecule has 5 rings (SSSR count). The number of carboxylic acids is 1. The minimum absolute atomic E-state index is 0.0302. The highest BCUT2D eigenvalue weighted by Gasteiger charge is 2.28. The molecule has 1 atom stereocenters. The van der Waals surface area contributed by atoms with E-state index in [4.69, 9.17) is 11.6 Å². The summed E-state index contributed by atoms with van der Waals surface area (Å²) in [5.41, 5.74) is 2.00. The molecule has 0 spiro atoms. The summed E-state index contributed by atoms with van der Waals surface area (Å²) in [6.45, 7) is 6.95. The Morgan fingerprint density at radius 2 is 1.57 bits per heavy atom. The zero-order valence-electron chi connectivity index (χ0n) is 28.3. The molecule has 0 saturated carbocycles. The van der Waals surface area contributed by atoms with Crippen LogP contribution in [0.25, 0.3) is 5.69 Å². The van der Waals surface area contributed by atoms with Crippen molar-refractivity contribution in [1.82, 2.24) is 30.4 Å². The second kappa shape index (κ2) is 15.8. The molecule has 1 aliphatic rings. The van der Waals surface area contributed by atoms with Crippen LogP contribution >= 0.6 is 11.6 Å². The fourth-order valence-electron chi connectivity index (χ4n) is 5.61. The molecule has 1 aliphatic heterocycles. The fraction of sp³-hybridized carbons (Fsp3) is 0.314. The number of carbonyl (C=O) groups is 5. The molecule has 5 amide bonds. The van der Waals surface area contributed by atoms with Gasteiger partial charge in [0.15, 0.2) is 0 Å². The van der Waals surface area contributed by atoms with Crippen molar-refractivity contribution >= 4 is 58.4 Å². The SMILES string of the molecule is CC(C)(C)c1cc(NC(=O)C(Cc2ccc(NC(=O)N3CCCCC3)cc2)NC(=O)C(=O)Nc2cc(Cl)ccc2-n2cnnn2)ccc1C(=O)O. The lowest BCUT2D eigenvalue weighted by atomic mass is 9.83. The van der Waals surface area contributed by atoms with Crippen LogP contribution in [0.15, 0.2) is 67.0 Å². The van der Waals surface area contributed by atoms with Crippen LogP contribution in [-0.2, 0) is 26.2 Å². The third-order valence-electron chi connectivity index (χ3n) is 8.24. The monoisotopic (exact) mass is 715 g/mol. The van der Waals surface area contributed by atoms with Crippen molar-refractivity contribution in [2.45, 2.75) is 57.9 Å². The molecule has 1 unspecified atom stereocenters. The van der Waals surface area contributed by atoms with E-state index < -0.39 is 35.1 Å². The Morgan fingerprint density at radius 1 is 0.863 bits per heavy atom. The lowest BCUT2D eigenvalue weighted by molar-refractivity contribution is -0.137. The normalized spacial score (nSPS) is 13.5. The van der Waals surface area contributed by atoms with Gasteiger partial charge < -0.3 is 31.3 Å². The molecule has 51 heavy (non-hydrogen) atoms. The zero-order chi connectivity index (χ0) is 36.7. The molecular formula is C35H38ClN9O6. The maximum Gasteiger partial charge on any atom is 0.335 e. The van der Waals surface area contributed by atoms with E-state index in [0.717, 1.165) is 19.3 Å². The predicted molar refractivity (Wildman–Crippen MR) is 190 cm³/mol. The maximum absolute atomic E-state index is 13.8. The van der Waals surface area contributed by atoms with Crippen molar-refractivity contribution < 1.29 is 29.1 Å². The Kier molecular flexibility index (Phi) is 11.3.